The maximum atomic E-state index is 5.97. The Morgan fingerprint density at radius 1 is 1.07 bits per heavy atom. The molecule has 4 rings (SSSR count). The van der Waals surface area contributed by atoms with Gasteiger partial charge in [-0.2, -0.15) is 0 Å². The Hall–Kier alpha value is -2.99. The van der Waals surface area contributed by atoms with E-state index >= 15 is 0 Å². The van der Waals surface area contributed by atoms with E-state index < -0.39 is 0 Å². The average Bonchev–Trinajstić information content (AvgIpc) is 3.12. The number of hydrogen-bond acceptors (Lipinski definition) is 6. The lowest BCUT2D eigenvalue weighted by Crippen LogP contribution is -2.23. The first kappa shape index (κ1) is 20.3. The summed E-state index contributed by atoms with van der Waals surface area (Å²) in [5.41, 5.74) is 4.11. The maximum Gasteiger partial charge on any atom is 0.226 e. The summed E-state index contributed by atoms with van der Waals surface area (Å²) in [6.07, 6.45) is 0. The molecule has 0 saturated heterocycles. The number of hydrogen-bond donors (Lipinski definition) is 0. The van der Waals surface area contributed by atoms with Crippen molar-refractivity contribution in [3.8, 4) is 28.7 Å². The van der Waals surface area contributed by atoms with Gasteiger partial charge in [-0.15, -0.1) is 0 Å². The third-order valence-corrected chi connectivity index (χ3v) is 5.64. The average molecular weight is 408 g/mol. The SMILES string of the molecule is COc1ccc(-c2nc(CN(C)C(C)c3ccc4c(c3)OCCO4)c(C)o2)cc1C. The fourth-order valence-corrected chi connectivity index (χ4v) is 3.66. The lowest BCUT2D eigenvalue weighted by Gasteiger charge is -2.26. The van der Waals surface area contributed by atoms with Gasteiger partial charge in [0.25, 0.3) is 0 Å². The van der Waals surface area contributed by atoms with E-state index in [4.69, 9.17) is 23.6 Å². The largest absolute Gasteiger partial charge is 0.496 e. The van der Waals surface area contributed by atoms with Crippen molar-refractivity contribution < 1.29 is 18.6 Å². The number of rotatable bonds is 6. The summed E-state index contributed by atoms with van der Waals surface area (Å²) in [6, 6.07) is 12.3. The molecule has 0 bridgehead atoms. The van der Waals surface area contributed by atoms with Gasteiger partial charge in [-0.05, 0) is 69.3 Å². The molecule has 6 nitrogen and oxygen atoms in total. The Kier molecular flexibility index (Phi) is 5.68. The van der Waals surface area contributed by atoms with Crippen LogP contribution in [-0.4, -0.2) is 37.3 Å². The number of ether oxygens (including phenoxy) is 3. The molecule has 1 unspecified atom stereocenters. The highest BCUT2D eigenvalue weighted by Gasteiger charge is 2.20. The molecule has 0 aliphatic carbocycles. The van der Waals surface area contributed by atoms with Gasteiger partial charge in [0, 0.05) is 18.2 Å². The van der Waals surface area contributed by atoms with Crippen molar-refractivity contribution in [1.82, 2.24) is 9.88 Å². The summed E-state index contributed by atoms with van der Waals surface area (Å²) in [4.78, 5) is 7.02. The van der Waals surface area contributed by atoms with Crippen LogP contribution in [0.4, 0.5) is 0 Å². The first-order valence-electron chi connectivity index (χ1n) is 10.2. The molecule has 1 atom stereocenters. The Labute approximate surface area is 177 Å². The second-order valence-electron chi connectivity index (χ2n) is 7.70. The molecule has 0 fully saturated rings. The van der Waals surface area contributed by atoms with Gasteiger partial charge >= 0.3 is 0 Å². The zero-order valence-electron chi connectivity index (χ0n) is 18.2. The normalized spacial score (nSPS) is 14.1. The highest BCUT2D eigenvalue weighted by molar-refractivity contribution is 5.57. The van der Waals surface area contributed by atoms with Gasteiger partial charge in [0.15, 0.2) is 11.5 Å². The van der Waals surface area contributed by atoms with E-state index in [0.29, 0.717) is 25.6 Å². The monoisotopic (exact) mass is 408 g/mol. The van der Waals surface area contributed by atoms with E-state index in [2.05, 4.69) is 31.0 Å². The Morgan fingerprint density at radius 3 is 2.57 bits per heavy atom. The molecular weight excluding hydrogens is 380 g/mol. The van der Waals surface area contributed by atoms with Crippen molar-refractivity contribution in [1.29, 1.82) is 0 Å². The van der Waals surface area contributed by atoms with Gasteiger partial charge in [0.2, 0.25) is 5.89 Å². The third kappa shape index (κ3) is 4.00. The minimum Gasteiger partial charge on any atom is -0.496 e. The van der Waals surface area contributed by atoms with E-state index in [0.717, 1.165) is 39.8 Å². The van der Waals surface area contributed by atoms with Crippen LogP contribution < -0.4 is 14.2 Å². The van der Waals surface area contributed by atoms with Crippen LogP contribution in [0.1, 0.15) is 35.5 Å². The molecule has 0 saturated carbocycles. The minimum absolute atomic E-state index is 0.184. The second kappa shape index (κ2) is 8.40. The molecular formula is C24H28N2O4. The number of oxazole rings is 1. The van der Waals surface area contributed by atoms with Crippen LogP contribution >= 0.6 is 0 Å². The van der Waals surface area contributed by atoms with Crippen molar-refractivity contribution in [2.45, 2.75) is 33.4 Å². The van der Waals surface area contributed by atoms with Crippen LogP contribution in [-0.2, 0) is 6.54 Å². The van der Waals surface area contributed by atoms with E-state index in [1.165, 1.54) is 5.56 Å². The van der Waals surface area contributed by atoms with Crippen molar-refractivity contribution in [3.05, 3.63) is 59.0 Å². The number of methoxy groups -OCH3 is 1. The number of aryl methyl sites for hydroxylation is 2. The van der Waals surface area contributed by atoms with Gasteiger partial charge in [0.05, 0.1) is 12.8 Å². The third-order valence-electron chi connectivity index (χ3n) is 5.64. The predicted molar refractivity (Wildman–Crippen MR) is 115 cm³/mol. The van der Waals surface area contributed by atoms with Crippen LogP contribution in [0.2, 0.25) is 0 Å². The molecule has 0 radical (unpaired) electrons. The van der Waals surface area contributed by atoms with E-state index in [9.17, 15) is 0 Å². The van der Waals surface area contributed by atoms with Crippen LogP contribution in [0.15, 0.2) is 40.8 Å². The molecule has 1 aliphatic rings. The first-order chi connectivity index (χ1) is 14.5. The lowest BCUT2D eigenvalue weighted by molar-refractivity contribution is 0.170. The zero-order valence-corrected chi connectivity index (χ0v) is 18.2. The van der Waals surface area contributed by atoms with Gasteiger partial charge < -0.3 is 18.6 Å². The van der Waals surface area contributed by atoms with Crippen LogP contribution in [0.3, 0.4) is 0 Å². The van der Waals surface area contributed by atoms with Crippen molar-refractivity contribution >= 4 is 0 Å². The van der Waals surface area contributed by atoms with E-state index in [1.807, 2.05) is 38.1 Å². The highest BCUT2D eigenvalue weighted by atomic mass is 16.6. The number of aromatic nitrogens is 1. The molecule has 1 aromatic heterocycles. The summed E-state index contributed by atoms with van der Waals surface area (Å²) in [5.74, 6) is 3.95. The summed E-state index contributed by atoms with van der Waals surface area (Å²) in [6.45, 7) is 8.02. The molecule has 2 heterocycles. The van der Waals surface area contributed by atoms with E-state index in [1.54, 1.807) is 7.11 Å². The standard InChI is InChI=1S/C24H28N2O4/c1-15-12-19(7-8-21(15)27-5)24-25-20(17(3)30-24)14-26(4)16(2)18-6-9-22-23(13-18)29-11-10-28-22/h6-9,12-13,16H,10-11,14H2,1-5H3. The maximum absolute atomic E-state index is 5.97. The molecule has 0 spiro atoms. The Balaban J connectivity index is 1.51. The predicted octanol–water partition coefficient (Wildman–Crippen LogP) is 4.93. The first-order valence-corrected chi connectivity index (χ1v) is 10.2. The number of nitrogens with zero attached hydrogens (tertiary/aromatic N) is 2. The highest BCUT2D eigenvalue weighted by Crippen LogP contribution is 2.34. The van der Waals surface area contributed by atoms with Gasteiger partial charge in [-0.3, -0.25) is 4.90 Å². The summed E-state index contributed by atoms with van der Waals surface area (Å²) < 4.78 is 22.7. The minimum atomic E-state index is 0.184. The number of fused-ring (bicyclic) bond motifs is 1. The number of benzene rings is 2. The van der Waals surface area contributed by atoms with E-state index in [-0.39, 0.29) is 6.04 Å². The zero-order chi connectivity index (χ0) is 21.3. The quantitative estimate of drug-likeness (QED) is 0.576. The van der Waals surface area contributed by atoms with Crippen molar-refractivity contribution in [3.63, 3.8) is 0 Å². The fraction of sp³-hybridized carbons (Fsp3) is 0.375. The lowest BCUT2D eigenvalue weighted by atomic mass is 10.1. The second-order valence-corrected chi connectivity index (χ2v) is 7.70. The molecule has 0 N–H and O–H groups in total. The van der Waals surface area contributed by atoms with Crippen molar-refractivity contribution in [2.24, 2.45) is 0 Å². The molecule has 6 heteroatoms. The topological polar surface area (TPSA) is 57.0 Å². The van der Waals surface area contributed by atoms with Crippen molar-refractivity contribution in [2.75, 3.05) is 27.4 Å². The summed E-state index contributed by atoms with van der Waals surface area (Å²) in [5, 5.41) is 0. The van der Waals surface area contributed by atoms with Gasteiger partial charge in [0.1, 0.15) is 24.7 Å². The Morgan fingerprint density at radius 2 is 1.83 bits per heavy atom. The summed E-state index contributed by atoms with van der Waals surface area (Å²) in [7, 11) is 3.76. The molecule has 1 aliphatic heterocycles. The van der Waals surface area contributed by atoms with Gasteiger partial charge in [-0.1, -0.05) is 6.07 Å². The Bertz CT molecular complexity index is 1040. The van der Waals surface area contributed by atoms with Crippen LogP contribution in [0, 0.1) is 13.8 Å². The smallest absolute Gasteiger partial charge is 0.226 e. The van der Waals surface area contributed by atoms with Gasteiger partial charge in [-0.25, -0.2) is 4.98 Å². The molecule has 30 heavy (non-hydrogen) atoms. The fourth-order valence-electron chi connectivity index (χ4n) is 3.66. The van der Waals surface area contributed by atoms with Crippen LogP contribution in [0.25, 0.3) is 11.5 Å². The molecule has 0 amide bonds. The molecule has 2 aromatic carbocycles. The summed E-state index contributed by atoms with van der Waals surface area (Å²) >= 11 is 0. The molecule has 3 aromatic rings. The van der Waals surface area contributed by atoms with Crippen LogP contribution in [0.5, 0.6) is 17.2 Å². The molecule has 158 valence electrons.